The van der Waals surface area contributed by atoms with Crippen LogP contribution in [0, 0.1) is 0 Å². The van der Waals surface area contributed by atoms with Gasteiger partial charge in [-0.05, 0) is 24.1 Å². The third-order valence-corrected chi connectivity index (χ3v) is 4.28. The monoisotopic (exact) mass is 319 g/mol. The molecular weight excluding hydrogens is 294 g/mol. The van der Waals surface area contributed by atoms with E-state index in [1.54, 1.807) is 0 Å². The number of carbonyl (C=O) groups excluding carboxylic acids is 1. The maximum absolute atomic E-state index is 12.1. The number of nitrogens with one attached hydrogen (secondary N) is 2. The van der Waals surface area contributed by atoms with Gasteiger partial charge in [-0.25, -0.2) is 0 Å². The minimum atomic E-state index is -0.259. The molecule has 1 amide bonds. The molecule has 0 spiro atoms. The third kappa shape index (κ3) is 5.00. The van der Waals surface area contributed by atoms with Gasteiger partial charge in [0.15, 0.2) is 0 Å². The van der Waals surface area contributed by atoms with Crippen molar-refractivity contribution in [3.05, 3.63) is 29.8 Å². The molecular formula is C17H25N3O3. The van der Waals surface area contributed by atoms with Gasteiger partial charge in [-0.15, -0.1) is 0 Å². The number of morpholine rings is 2. The molecule has 2 fully saturated rings. The SMILES string of the molecule is O=C(Nc1ccc(CCN2CCOCC2)cc1)C1COCCN1. The first kappa shape index (κ1) is 16.4. The zero-order chi connectivity index (χ0) is 15.9. The molecule has 0 aliphatic carbocycles. The molecule has 126 valence electrons. The first-order valence-electron chi connectivity index (χ1n) is 8.32. The van der Waals surface area contributed by atoms with Crippen molar-refractivity contribution in [2.45, 2.75) is 12.5 Å². The zero-order valence-electron chi connectivity index (χ0n) is 13.4. The van der Waals surface area contributed by atoms with Crippen LogP contribution in [-0.2, 0) is 20.7 Å². The fourth-order valence-electron chi connectivity index (χ4n) is 2.83. The second-order valence-electron chi connectivity index (χ2n) is 5.97. The molecule has 2 N–H and O–H groups in total. The van der Waals surface area contributed by atoms with Crippen molar-refractivity contribution in [2.24, 2.45) is 0 Å². The van der Waals surface area contributed by atoms with E-state index in [1.807, 2.05) is 12.1 Å². The number of benzene rings is 1. The van der Waals surface area contributed by atoms with Crippen LogP contribution in [0.2, 0.25) is 0 Å². The average molecular weight is 319 g/mol. The number of nitrogens with zero attached hydrogens (tertiary/aromatic N) is 1. The summed E-state index contributed by atoms with van der Waals surface area (Å²) in [7, 11) is 0. The molecule has 0 aromatic heterocycles. The molecule has 3 rings (SSSR count). The third-order valence-electron chi connectivity index (χ3n) is 4.28. The van der Waals surface area contributed by atoms with Gasteiger partial charge in [0.25, 0.3) is 0 Å². The highest BCUT2D eigenvalue weighted by Gasteiger charge is 2.21. The van der Waals surface area contributed by atoms with E-state index >= 15 is 0 Å². The molecule has 6 nitrogen and oxygen atoms in total. The van der Waals surface area contributed by atoms with Gasteiger partial charge in [-0.3, -0.25) is 9.69 Å². The Morgan fingerprint density at radius 3 is 2.65 bits per heavy atom. The van der Waals surface area contributed by atoms with Gasteiger partial charge in [0, 0.05) is 31.9 Å². The summed E-state index contributed by atoms with van der Waals surface area (Å²) in [5, 5.41) is 6.09. The number of hydrogen-bond donors (Lipinski definition) is 2. The van der Waals surface area contributed by atoms with Crippen LogP contribution >= 0.6 is 0 Å². The summed E-state index contributed by atoms with van der Waals surface area (Å²) in [5.41, 5.74) is 2.12. The Morgan fingerprint density at radius 1 is 1.17 bits per heavy atom. The van der Waals surface area contributed by atoms with Gasteiger partial charge in [-0.2, -0.15) is 0 Å². The van der Waals surface area contributed by atoms with Crippen molar-refractivity contribution in [3.8, 4) is 0 Å². The first-order chi connectivity index (χ1) is 11.3. The summed E-state index contributed by atoms with van der Waals surface area (Å²) in [6, 6.07) is 7.85. The van der Waals surface area contributed by atoms with E-state index in [9.17, 15) is 4.79 Å². The van der Waals surface area contributed by atoms with Gasteiger partial charge in [-0.1, -0.05) is 12.1 Å². The molecule has 2 saturated heterocycles. The molecule has 1 unspecified atom stereocenters. The average Bonchev–Trinajstić information content (AvgIpc) is 2.63. The zero-order valence-corrected chi connectivity index (χ0v) is 13.4. The Hall–Kier alpha value is -1.47. The quantitative estimate of drug-likeness (QED) is 0.827. The van der Waals surface area contributed by atoms with E-state index in [0.29, 0.717) is 13.2 Å². The van der Waals surface area contributed by atoms with E-state index in [-0.39, 0.29) is 11.9 Å². The number of rotatable bonds is 5. The summed E-state index contributed by atoms with van der Waals surface area (Å²) in [4.78, 5) is 14.5. The molecule has 1 atom stereocenters. The Kier molecular flexibility index (Phi) is 5.99. The summed E-state index contributed by atoms with van der Waals surface area (Å²) in [5.74, 6) is -0.0363. The predicted octanol–water partition coefficient (Wildman–Crippen LogP) is 0.488. The number of anilines is 1. The minimum absolute atomic E-state index is 0.0363. The smallest absolute Gasteiger partial charge is 0.243 e. The molecule has 0 saturated carbocycles. The lowest BCUT2D eigenvalue weighted by Crippen LogP contribution is -2.48. The van der Waals surface area contributed by atoms with E-state index < -0.39 is 0 Å². The van der Waals surface area contributed by atoms with E-state index in [1.165, 1.54) is 5.56 Å². The summed E-state index contributed by atoms with van der Waals surface area (Å²) in [6.07, 6.45) is 1.02. The fraction of sp³-hybridized carbons (Fsp3) is 0.588. The van der Waals surface area contributed by atoms with Gasteiger partial charge >= 0.3 is 0 Å². The normalized spacial score (nSPS) is 22.7. The Morgan fingerprint density at radius 2 is 1.96 bits per heavy atom. The molecule has 1 aromatic rings. The molecule has 23 heavy (non-hydrogen) atoms. The molecule has 0 bridgehead atoms. The Labute approximate surface area is 137 Å². The van der Waals surface area contributed by atoms with Gasteiger partial charge in [0.2, 0.25) is 5.91 Å². The summed E-state index contributed by atoms with van der Waals surface area (Å²) >= 11 is 0. The van der Waals surface area contributed by atoms with Gasteiger partial charge in [0.05, 0.1) is 26.4 Å². The molecule has 1 aromatic carbocycles. The topological polar surface area (TPSA) is 62.8 Å². The van der Waals surface area contributed by atoms with Crippen LogP contribution in [0.1, 0.15) is 5.56 Å². The van der Waals surface area contributed by atoms with Gasteiger partial charge < -0.3 is 20.1 Å². The largest absolute Gasteiger partial charge is 0.379 e. The minimum Gasteiger partial charge on any atom is -0.379 e. The second kappa shape index (κ2) is 8.40. The van der Waals surface area contributed by atoms with Crippen LogP contribution in [0.3, 0.4) is 0 Å². The first-order valence-corrected chi connectivity index (χ1v) is 8.32. The fourth-order valence-corrected chi connectivity index (χ4v) is 2.83. The van der Waals surface area contributed by atoms with Crippen molar-refractivity contribution in [2.75, 3.05) is 57.9 Å². The van der Waals surface area contributed by atoms with Crippen LogP contribution in [-0.4, -0.2) is 69.5 Å². The van der Waals surface area contributed by atoms with Crippen LogP contribution < -0.4 is 10.6 Å². The highest BCUT2D eigenvalue weighted by molar-refractivity contribution is 5.95. The Balaban J connectivity index is 1.45. The molecule has 0 radical (unpaired) electrons. The van der Waals surface area contributed by atoms with E-state index in [0.717, 1.165) is 51.5 Å². The van der Waals surface area contributed by atoms with Crippen LogP contribution in [0.5, 0.6) is 0 Å². The lowest BCUT2D eigenvalue weighted by molar-refractivity contribution is -0.120. The number of hydrogen-bond acceptors (Lipinski definition) is 5. The second-order valence-corrected chi connectivity index (χ2v) is 5.97. The van der Waals surface area contributed by atoms with Crippen LogP contribution in [0.25, 0.3) is 0 Å². The maximum Gasteiger partial charge on any atom is 0.243 e. The highest BCUT2D eigenvalue weighted by atomic mass is 16.5. The van der Waals surface area contributed by atoms with E-state index in [2.05, 4.69) is 27.7 Å². The Bertz CT molecular complexity index is 494. The van der Waals surface area contributed by atoms with E-state index in [4.69, 9.17) is 9.47 Å². The molecule has 2 heterocycles. The maximum atomic E-state index is 12.1. The van der Waals surface area contributed by atoms with Crippen molar-refractivity contribution in [3.63, 3.8) is 0 Å². The van der Waals surface area contributed by atoms with Crippen LogP contribution in [0.15, 0.2) is 24.3 Å². The number of ether oxygens (including phenoxy) is 2. The summed E-state index contributed by atoms with van der Waals surface area (Å²) in [6.45, 7) is 6.59. The number of amides is 1. The molecule has 2 aliphatic rings. The van der Waals surface area contributed by atoms with Crippen molar-refractivity contribution < 1.29 is 14.3 Å². The number of carbonyl (C=O) groups is 1. The predicted molar refractivity (Wildman–Crippen MR) is 88.6 cm³/mol. The van der Waals surface area contributed by atoms with Crippen molar-refractivity contribution in [1.82, 2.24) is 10.2 Å². The summed E-state index contributed by atoms with van der Waals surface area (Å²) < 4.78 is 10.7. The molecule has 2 aliphatic heterocycles. The molecule has 6 heteroatoms. The van der Waals surface area contributed by atoms with Crippen molar-refractivity contribution in [1.29, 1.82) is 0 Å². The highest BCUT2D eigenvalue weighted by Crippen LogP contribution is 2.12. The lowest BCUT2D eigenvalue weighted by Gasteiger charge is -2.26. The van der Waals surface area contributed by atoms with Gasteiger partial charge in [0.1, 0.15) is 6.04 Å². The van der Waals surface area contributed by atoms with Crippen molar-refractivity contribution >= 4 is 11.6 Å². The lowest BCUT2D eigenvalue weighted by atomic mass is 10.1. The van der Waals surface area contributed by atoms with Crippen LogP contribution in [0.4, 0.5) is 5.69 Å². The standard InChI is InChI=1S/C17H25N3O3/c21-17(16-13-23-10-6-18-16)19-15-3-1-14(2-4-15)5-7-20-8-11-22-12-9-20/h1-4,16,18H,5-13H2,(H,19,21).